The number of Topliss-reactive ketones (excluding diaryl/α,β-unsaturated/α-hetero) is 1. The van der Waals surface area contributed by atoms with E-state index in [1.165, 1.54) is 24.3 Å². The molecule has 7 rings (SSSR count). The van der Waals surface area contributed by atoms with E-state index in [2.05, 4.69) is 0 Å². The first-order chi connectivity index (χ1) is 22.3. The van der Waals surface area contributed by atoms with Crippen molar-refractivity contribution in [1.82, 2.24) is 0 Å². The van der Waals surface area contributed by atoms with E-state index in [-0.39, 0.29) is 17.2 Å². The van der Waals surface area contributed by atoms with Crippen molar-refractivity contribution in [2.24, 2.45) is 5.10 Å². The molecule has 2 aliphatic rings. The van der Waals surface area contributed by atoms with Gasteiger partial charge in [0.25, 0.3) is 11.4 Å². The molecule has 1 spiro atoms. The maximum atomic E-state index is 15.3. The van der Waals surface area contributed by atoms with Gasteiger partial charge in [0.2, 0.25) is 0 Å². The fraction of sp³-hybridized carbons (Fsp3) is 0.0811. The molecule has 9 nitrogen and oxygen atoms in total. The molecule has 5 aromatic carbocycles. The van der Waals surface area contributed by atoms with Gasteiger partial charge >= 0.3 is 0 Å². The van der Waals surface area contributed by atoms with E-state index in [4.69, 9.17) is 5.10 Å². The molecule has 0 aromatic heterocycles. The zero-order valence-electron chi connectivity index (χ0n) is 24.6. The number of para-hydroxylation sites is 1. The lowest BCUT2D eigenvalue weighted by Gasteiger charge is -2.38. The molecule has 0 unspecified atom stereocenters. The number of aryl methyl sites for hydroxylation is 1. The number of hydrogen-bond donors (Lipinski definition) is 0. The first kappa shape index (κ1) is 28.5. The van der Waals surface area contributed by atoms with E-state index in [0.29, 0.717) is 28.1 Å². The summed E-state index contributed by atoms with van der Waals surface area (Å²) < 4.78 is 0. The van der Waals surface area contributed by atoms with Crippen molar-refractivity contribution in [1.29, 1.82) is 0 Å². The molecule has 1 heterocycles. The predicted molar refractivity (Wildman–Crippen MR) is 177 cm³/mol. The van der Waals surface area contributed by atoms with Gasteiger partial charge in [0.15, 0.2) is 11.3 Å². The Morgan fingerprint density at radius 2 is 1.33 bits per heavy atom. The number of hydrogen-bond acceptors (Lipinski definition) is 7. The number of hydrazone groups is 1. The first-order valence-corrected chi connectivity index (χ1v) is 14.6. The van der Waals surface area contributed by atoms with Gasteiger partial charge in [0.05, 0.1) is 27.2 Å². The topological polar surface area (TPSA) is 119 Å². The smallest absolute Gasteiger partial charge is 0.269 e. The lowest BCUT2D eigenvalue weighted by molar-refractivity contribution is -0.385. The molecule has 9 heteroatoms. The van der Waals surface area contributed by atoms with Crippen LogP contribution in [0.3, 0.4) is 0 Å². The fourth-order valence-electron chi connectivity index (χ4n) is 6.53. The number of nitrogens with zero attached hydrogens (tertiary/aromatic N) is 4. The third-order valence-electron chi connectivity index (χ3n) is 8.65. The zero-order chi connectivity index (χ0) is 32.0. The highest BCUT2D eigenvalue weighted by molar-refractivity contribution is 6.36. The summed E-state index contributed by atoms with van der Waals surface area (Å²) >= 11 is 0. The Bertz CT molecular complexity index is 2070. The molecule has 2 atom stereocenters. The van der Waals surface area contributed by atoms with Crippen LogP contribution in [0.5, 0.6) is 0 Å². The van der Waals surface area contributed by atoms with Crippen LogP contribution < -0.4 is 5.01 Å². The van der Waals surface area contributed by atoms with Gasteiger partial charge in [-0.25, -0.2) is 5.01 Å². The second-order valence-corrected chi connectivity index (χ2v) is 11.3. The number of fused-ring (bicyclic) bond motifs is 2. The van der Waals surface area contributed by atoms with Crippen molar-refractivity contribution in [3.8, 4) is 0 Å². The summed E-state index contributed by atoms with van der Waals surface area (Å²) in [6.45, 7) is 2.00. The van der Waals surface area contributed by atoms with Crippen molar-refractivity contribution in [2.45, 2.75) is 18.4 Å². The van der Waals surface area contributed by atoms with Gasteiger partial charge in [-0.2, -0.15) is 5.10 Å². The quantitative estimate of drug-likeness (QED) is 0.110. The van der Waals surface area contributed by atoms with E-state index in [1.54, 1.807) is 35.4 Å². The Labute approximate surface area is 264 Å². The number of ketones is 1. The minimum absolute atomic E-state index is 0.0443. The normalized spacial score (nSPS) is 19.4. The van der Waals surface area contributed by atoms with Gasteiger partial charge in [-0.1, -0.05) is 84.4 Å². The monoisotopic (exact) mass is 606 g/mol. The molecule has 1 aliphatic carbocycles. The maximum Gasteiger partial charge on any atom is 0.269 e. The highest BCUT2D eigenvalue weighted by Crippen LogP contribution is 2.58. The molecule has 0 fully saturated rings. The second-order valence-electron chi connectivity index (χ2n) is 11.3. The Kier molecular flexibility index (Phi) is 6.86. The van der Waals surface area contributed by atoms with Crippen LogP contribution >= 0.6 is 0 Å². The predicted octanol–water partition coefficient (Wildman–Crippen LogP) is 7.84. The number of nitro groups is 2. The Balaban J connectivity index is 1.51. The van der Waals surface area contributed by atoms with Gasteiger partial charge in [-0.15, -0.1) is 0 Å². The standard InChI is InChI=1S/C37H26N4O5/c1-24-11-15-27(16-12-24)35-34(26-17-21-30(22-18-26)41(45)46)37(39(38-35)28-7-3-2-4-8-28)33-10-6-5-9-31(33)32(36(37)42)23-25-13-19-29(20-14-25)40(43)44/h2-23,34H,1H3/b32-23+/t34-,37+/m1/s1. The Morgan fingerprint density at radius 3 is 1.96 bits per heavy atom. The molecule has 0 saturated heterocycles. The first-order valence-electron chi connectivity index (χ1n) is 14.6. The lowest BCUT2D eigenvalue weighted by atomic mass is 9.71. The largest absolute Gasteiger partial charge is 0.291 e. The van der Waals surface area contributed by atoms with Crippen LogP contribution in [0.25, 0.3) is 11.6 Å². The van der Waals surface area contributed by atoms with E-state index < -0.39 is 21.3 Å². The highest BCUT2D eigenvalue weighted by Gasteiger charge is 2.63. The number of carbonyl (C=O) groups is 1. The average molecular weight is 607 g/mol. The molecule has 5 aromatic rings. The van der Waals surface area contributed by atoms with Crippen LogP contribution in [-0.4, -0.2) is 21.3 Å². The van der Waals surface area contributed by atoms with Crippen molar-refractivity contribution in [3.05, 3.63) is 181 Å². The minimum atomic E-state index is -1.39. The zero-order valence-corrected chi connectivity index (χ0v) is 24.6. The van der Waals surface area contributed by atoms with Crippen LogP contribution in [0.2, 0.25) is 0 Å². The van der Waals surface area contributed by atoms with Gasteiger partial charge in [-0.3, -0.25) is 25.0 Å². The van der Waals surface area contributed by atoms with E-state index in [9.17, 15) is 20.2 Å². The number of nitro benzene ring substituents is 2. The molecule has 0 bridgehead atoms. The summed E-state index contributed by atoms with van der Waals surface area (Å²) in [6, 6.07) is 37.4. The van der Waals surface area contributed by atoms with Crippen LogP contribution in [0.15, 0.2) is 132 Å². The van der Waals surface area contributed by atoms with Gasteiger partial charge in [-0.05, 0) is 65.1 Å². The molecule has 0 N–H and O–H groups in total. The third-order valence-corrected chi connectivity index (χ3v) is 8.65. The number of anilines is 1. The molecule has 46 heavy (non-hydrogen) atoms. The van der Waals surface area contributed by atoms with Gasteiger partial charge < -0.3 is 0 Å². The third kappa shape index (κ3) is 4.48. The summed E-state index contributed by atoms with van der Waals surface area (Å²) in [6.07, 6.45) is 1.76. The van der Waals surface area contributed by atoms with Crippen molar-refractivity contribution in [2.75, 3.05) is 5.01 Å². The molecule has 1 aliphatic heterocycles. The summed E-state index contributed by atoms with van der Waals surface area (Å²) in [4.78, 5) is 37.3. The van der Waals surface area contributed by atoms with Crippen molar-refractivity contribution >= 4 is 40.2 Å². The Hall–Kier alpha value is -6.22. The highest BCUT2D eigenvalue weighted by atomic mass is 16.6. The van der Waals surface area contributed by atoms with Gasteiger partial charge in [0, 0.05) is 29.8 Å². The maximum absolute atomic E-state index is 15.3. The van der Waals surface area contributed by atoms with Crippen LogP contribution in [0.1, 0.15) is 39.3 Å². The number of carbonyl (C=O) groups excluding carboxylic acids is 1. The Morgan fingerprint density at radius 1 is 0.739 bits per heavy atom. The van der Waals surface area contributed by atoms with Crippen LogP contribution in [0, 0.1) is 27.2 Å². The summed E-state index contributed by atoms with van der Waals surface area (Å²) in [5.74, 6) is -0.863. The molecular formula is C37H26N4O5. The average Bonchev–Trinajstić information content (AvgIpc) is 3.55. The molecule has 0 saturated carbocycles. The van der Waals surface area contributed by atoms with Crippen molar-refractivity contribution in [3.63, 3.8) is 0 Å². The van der Waals surface area contributed by atoms with Crippen LogP contribution in [0.4, 0.5) is 17.1 Å². The van der Waals surface area contributed by atoms with E-state index >= 15 is 4.79 Å². The molecule has 0 amide bonds. The SMILES string of the molecule is Cc1ccc(C2=NN(c3ccccc3)[C@]3(C(=O)/C(=C/c4ccc([N+](=O)[O-])cc4)c4ccccc43)[C@@H]2c2ccc([N+](=O)[O-])cc2)cc1. The van der Waals surface area contributed by atoms with Gasteiger partial charge in [0.1, 0.15) is 0 Å². The molecule has 224 valence electrons. The number of benzene rings is 5. The summed E-state index contributed by atoms with van der Waals surface area (Å²) in [5.41, 5.74) is 5.00. The summed E-state index contributed by atoms with van der Waals surface area (Å²) in [7, 11) is 0. The minimum Gasteiger partial charge on any atom is -0.291 e. The van der Waals surface area contributed by atoms with Crippen molar-refractivity contribution < 1.29 is 14.6 Å². The summed E-state index contributed by atoms with van der Waals surface area (Å²) in [5, 5.41) is 29.9. The number of non-ortho nitro benzene ring substituents is 2. The van der Waals surface area contributed by atoms with E-state index in [0.717, 1.165) is 22.3 Å². The molecule has 0 radical (unpaired) electrons. The molecular weight excluding hydrogens is 580 g/mol. The fourth-order valence-corrected chi connectivity index (χ4v) is 6.53. The number of rotatable bonds is 6. The second kappa shape index (κ2) is 11.0. The van der Waals surface area contributed by atoms with E-state index in [1.807, 2.05) is 85.8 Å². The van der Waals surface area contributed by atoms with Crippen LogP contribution in [-0.2, 0) is 10.3 Å². The lowest BCUT2D eigenvalue weighted by Crippen LogP contribution is -2.49.